The van der Waals surface area contributed by atoms with E-state index >= 15 is 0 Å². The SMILES string of the molecule is CN1CN(c2ccc3c(c2)B2c4cc(N5CN(C)c6ccccc65)cnc4Sc4c5c6c(c(c42)S3)Sc2ccc(N3CN(C)c4ccccc43)cc2B6c2cc(N3CN(C)c4ccccc43)cnc2S5)c2ccccc21. The molecule has 16 heteroatoms. The molecule has 10 nitrogen and oxygen atoms in total. The summed E-state index contributed by atoms with van der Waals surface area (Å²) in [6.07, 6.45) is 4.24. The average molecular weight is 1060 g/mol. The molecule has 8 aliphatic rings. The summed E-state index contributed by atoms with van der Waals surface area (Å²) in [4.78, 5) is 38.3. The Hall–Kier alpha value is -7.23. The van der Waals surface area contributed by atoms with Gasteiger partial charge < -0.3 is 39.2 Å². The van der Waals surface area contributed by atoms with Gasteiger partial charge in [-0.1, -0.05) is 107 Å². The summed E-state index contributed by atoms with van der Waals surface area (Å²) in [6.45, 7) is 3.03. The third-order valence-electron chi connectivity index (χ3n) is 16.7. The van der Waals surface area contributed by atoms with Crippen LogP contribution < -0.4 is 72.0 Å². The van der Waals surface area contributed by atoms with Gasteiger partial charge in [0.2, 0.25) is 13.4 Å². The molecule has 76 heavy (non-hydrogen) atoms. The molecule has 0 saturated carbocycles. The highest BCUT2D eigenvalue weighted by atomic mass is 32.2. The number of hydrogen-bond donors (Lipinski definition) is 0. The Morgan fingerprint density at radius 1 is 0.342 bits per heavy atom. The van der Waals surface area contributed by atoms with E-state index in [1.165, 1.54) is 119 Å². The minimum atomic E-state index is -0.0443. The van der Waals surface area contributed by atoms with E-state index in [4.69, 9.17) is 9.97 Å². The highest BCUT2D eigenvalue weighted by Crippen LogP contribution is 2.53. The Bertz CT molecular complexity index is 3540. The lowest BCUT2D eigenvalue weighted by atomic mass is 9.34. The summed E-state index contributed by atoms with van der Waals surface area (Å²) in [5, 5.41) is 2.15. The van der Waals surface area contributed by atoms with E-state index in [1.807, 2.05) is 47.0 Å². The van der Waals surface area contributed by atoms with Gasteiger partial charge in [-0.3, -0.25) is 0 Å². The molecule has 0 radical (unpaired) electrons. The van der Waals surface area contributed by atoms with Crippen molar-refractivity contribution in [1.82, 2.24) is 9.97 Å². The number of nitrogens with zero attached hydrogens (tertiary/aromatic N) is 10. The molecule has 2 aromatic heterocycles. The molecule has 0 spiro atoms. The lowest BCUT2D eigenvalue weighted by Crippen LogP contribution is -2.63. The molecule has 0 amide bonds. The van der Waals surface area contributed by atoms with Crippen LogP contribution in [0.25, 0.3) is 0 Å². The van der Waals surface area contributed by atoms with Crippen LogP contribution in [0.3, 0.4) is 0 Å². The zero-order valence-electron chi connectivity index (χ0n) is 42.1. The number of fused-ring (bicyclic) bond motifs is 14. The van der Waals surface area contributed by atoms with Crippen LogP contribution in [-0.4, -0.2) is 78.3 Å². The van der Waals surface area contributed by atoms with Crippen molar-refractivity contribution in [2.45, 2.75) is 39.4 Å². The first-order valence-corrected chi connectivity index (χ1v) is 29.1. The first-order chi connectivity index (χ1) is 37.3. The minimum absolute atomic E-state index is 0.0443. The van der Waals surface area contributed by atoms with Crippen molar-refractivity contribution in [2.24, 2.45) is 0 Å². The number of hydrogen-bond acceptors (Lipinski definition) is 14. The monoisotopic (exact) mass is 1060 g/mol. The molecule has 0 atom stereocenters. The van der Waals surface area contributed by atoms with Gasteiger partial charge in [0.1, 0.15) is 0 Å². The maximum atomic E-state index is 5.52. The van der Waals surface area contributed by atoms with Crippen molar-refractivity contribution in [2.75, 3.05) is 94.1 Å². The standard InChI is InChI=1S/C60H46B2N10S4/c1-65-31-69(47-17-9-5-13-43(47)65)35-21-23-51-39(25-35)61-41-27-37(71-33-67(3)45-15-7-11-19-49(45)71)29-63-59(41)75-57-53(61)55(73-51)56-54-58(57)76-60-42(28-38(30-64-60)72-34-68(4)46-16-8-12-20-50(46)72)62(54)40-26-36(22-24-52(40)74-56)70-32-66(2)44-14-6-10-18-48(44)70/h5-30H,31-34H2,1-4H3. The third kappa shape index (κ3) is 6.15. The van der Waals surface area contributed by atoms with Crippen LogP contribution in [0.4, 0.5) is 68.2 Å². The van der Waals surface area contributed by atoms with Crippen LogP contribution in [0.1, 0.15) is 0 Å². The van der Waals surface area contributed by atoms with Gasteiger partial charge in [-0.15, -0.1) is 0 Å². The molecule has 17 rings (SSSR count). The normalized spacial score (nSPS) is 16.5. The summed E-state index contributed by atoms with van der Waals surface area (Å²) >= 11 is 7.70. The Balaban J connectivity index is 0.879. The molecular formula is C60H46B2N10S4. The summed E-state index contributed by atoms with van der Waals surface area (Å²) in [5.74, 6) is 0. The molecule has 366 valence electrons. The van der Waals surface area contributed by atoms with Gasteiger partial charge >= 0.3 is 0 Å². The van der Waals surface area contributed by atoms with Gasteiger partial charge in [0.25, 0.3) is 0 Å². The van der Waals surface area contributed by atoms with Crippen LogP contribution in [-0.2, 0) is 0 Å². The summed E-state index contributed by atoms with van der Waals surface area (Å²) in [5.41, 5.74) is 22.6. The molecule has 0 fully saturated rings. The quantitative estimate of drug-likeness (QED) is 0.157. The van der Waals surface area contributed by atoms with Crippen molar-refractivity contribution in [3.05, 3.63) is 158 Å². The lowest BCUT2D eigenvalue weighted by Gasteiger charge is -2.41. The second kappa shape index (κ2) is 16.2. The van der Waals surface area contributed by atoms with E-state index in [9.17, 15) is 0 Å². The Morgan fingerprint density at radius 3 is 1.00 bits per heavy atom. The van der Waals surface area contributed by atoms with Crippen molar-refractivity contribution in [1.29, 1.82) is 0 Å². The highest BCUT2D eigenvalue weighted by molar-refractivity contribution is 8.05. The van der Waals surface area contributed by atoms with Crippen molar-refractivity contribution in [3.63, 3.8) is 0 Å². The molecule has 0 N–H and O–H groups in total. The Labute approximate surface area is 459 Å². The van der Waals surface area contributed by atoms with Crippen LogP contribution >= 0.6 is 47.0 Å². The second-order valence-corrected chi connectivity index (χ2v) is 25.2. The van der Waals surface area contributed by atoms with Crippen LogP contribution in [0.15, 0.2) is 197 Å². The van der Waals surface area contributed by atoms with Crippen molar-refractivity contribution < 1.29 is 0 Å². The number of aromatic nitrogens is 2. The molecular weight excluding hydrogens is 1010 g/mol. The predicted octanol–water partition coefficient (Wildman–Crippen LogP) is 9.55. The van der Waals surface area contributed by atoms with Crippen LogP contribution in [0, 0.1) is 0 Å². The molecule has 0 unspecified atom stereocenters. The number of benzene rings is 7. The summed E-state index contributed by atoms with van der Waals surface area (Å²) in [6, 6.07) is 54.6. The lowest BCUT2D eigenvalue weighted by molar-refractivity contribution is 0.942. The summed E-state index contributed by atoms with van der Waals surface area (Å²) < 4.78 is 0. The maximum Gasteiger partial charge on any atom is 0.249 e. The number of anilines is 12. The van der Waals surface area contributed by atoms with E-state index in [0.29, 0.717) is 0 Å². The number of rotatable bonds is 4. The van der Waals surface area contributed by atoms with Gasteiger partial charge in [-0.05, 0) is 119 Å². The van der Waals surface area contributed by atoms with E-state index < -0.39 is 0 Å². The Kier molecular flexibility index (Phi) is 9.34. The smallest absolute Gasteiger partial charge is 0.249 e. The van der Waals surface area contributed by atoms with E-state index in [1.54, 1.807) is 0 Å². The molecule has 9 aromatic rings. The zero-order chi connectivity index (χ0) is 50.2. The van der Waals surface area contributed by atoms with Crippen molar-refractivity contribution >= 4 is 161 Å². The Morgan fingerprint density at radius 2 is 0.645 bits per heavy atom. The average Bonchev–Trinajstić information content (AvgIpc) is 4.34. The first-order valence-electron chi connectivity index (χ1n) is 25.8. The third-order valence-corrected chi connectivity index (χ3v) is 21.8. The minimum Gasteiger partial charge on any atom is -0.355 e. The van der Waals surface area contributed by atoms with Crippen molar-refractivity contribution in [3.8, 4) is 0 Å². The fourth-order valence-electron chi connectivity index (χ4n) is 13.2. The van der Waals surface area contributed by atoms with Gasteiger partial charge in [0.05, 0.1) is 106 Å². The molecule has 10 heterocycles. The van der Waals surface area contributed by atoms with Crippen LogP contribution in [0.2, 0.25) is 0 Å². The molecule has 0 aliphatic carbocycles. The van der Waals surface area contributed by atoms with Gasteiger partial charge in [-0.2, -0.15) is 0 Å². The van der Waals surface area contributed by atoms with E-state index in [-0.39, 0.29) is 13.4 Å². The second-order valence-electron chi connectivity index (χ2n) is 21.1. The number of pyridine rings is 2. The summed E-state index contributed by atoms with van der Waals surface area (Å²) in [7, 11) is 8.77. The fraction of sp³-hybridized carbons (Fsp3) is 0.133. The fourth-order valence-corrected chi connectivity index (χ4v) is 18.5. The van der Waals surface area contributed by atoms with Gasteiger partial charge in [0, 0.05) is 68.9 Å². The van der Waals surface area contributed by atoms with Gasteiger partial charge in [0.15, 0.2) is 0 Å². The zero-order valence-corrected chi connectivity index (χ0v) is 45.4. The number of para-hydroxylation sites is 8. The molecule has 0 bridgehead atoms. The highest BCUT2D eigenvalue weighted by Gasteiger charge is 2.49. The largest absolute Gasteiger partial charge is 0.355 e. The first kappa shape index (κ1) is 44.0. The molecule has 0 saturated heterocycles. The maximum absolute atomic E-state index is 5.52. The van der Waals surface area contributed by atoms with E-state index in [2.05, 4.69) is 225 Å². The molecule has 7 aromatic carbocycles. The van der Waals surface area contributed by atoms with Crippen LogP contribution in [0.5, 0.6) is 0 Å². The van der Waals surface area contributed by atoms with Gasteiger partial charge in [-0.25, -0.2) is 9.97 Å². The molecule has 8 aliphatic heterocycles. The topological polar surface area (TPSA) is 51.7 Å². The van der Waals surface area contributed by atoms with E-state index in [0.717, 1.165) is 48.1 Å². The predicted molar refractivity (Wildman–Crippen MR) is 321 cm³/mol.